The molecule has 1 N–H and O–H groups in total. The molecule has 2 aromatic rings. The first-order chi connectivity index (χ1) is 15.0. The van der Waals surface area contributed by atoms with Crippen molar-refractivity contribution < 1.29 is 23.7 Å². The van der Waals surface area contributed by atoms with E-state index in [2.05, 4.69) is 5.32 Å². The molecular weight excluding hydrogens is 458 g/mol. The number of ether oxygens (including phenoxy) is 4. The Morgan fingerprint density at radius 1 is 1.13 bits per heavy atom. The van der Waals surface area contributed by atoms with Crippen LogP contribution in [0.2, 0.25) is 5.02 Å². The molecule has 1 heterocycles. The molecule has 164 valence electrons. The number of hydrogen-bond donors (Lipinski definition) is 1. The van der Waals surface area contributed by atoms with Crippen molar-refractivity contribution in [2.45, 2.75) is 13.3 Å². The van der Waals surface area contributed by atoms with Crippen LogP contribution in [0.5, 0.6) is 23.0 Å². The molecule has 1 aliphatic heterocycles. The molecule has 0 aromatic heterocycles. The number of hydrogen-bond acceptors (Lipinski definition) is 7. The van der Waals surface area contributed by atoms with Crippen LogP contribution >= 0.6 is 35.6 Å². The molecule has 0 saturated carbocycles. The number of halogens is 1. The van der Waals surface area contributed by atoms with Crippen molar-refractivity contribution in [2.24, 2.45) is 0 Å². The quantitative estimate of drug-likeness (QED) is 0.289. The second-order valence-corrected chi connectivity index (χ2v) is 8.47. The lowest BCUT2D eigenvalue weighted by Crippen LogP contribution is -2.17. The molecule has 6 nitrogen and oxygen atoms in total. The Morgan fingerprint density at radius 3 is 2.61 bits per heavy atom. The van der Waals surface area contributed by atoms with E-state index in [0.717, 1.165) is 17.1 Å². The summed E-state index contributed by atoms with van der Waals surface area (Å²) in [4.78, 5) is 12.4. The molecule has 1 amide bonds. The number of benzene rings is 2. The number of rotatable bonds is 10. The van der Waals surface area contributed by atoms with E-state index in [1.54, 1.807) is 25.3 Å². The molecule has 3 rings (SSSR count). The van der Waals surface area contributed by atoms with Crippen LogP contribution in [0.4, 0.5) is 0 Å². The maximum Gasteiger partial charge on any atom is 0.263 e. The van der Waals surface area contributed by atoms with Gasteiger partial charge in [0.1, 0.15) is 15.8 Å². The summed E-state index contributed by atoms with van der Waals surface area (Å²) in [5.74, 6) is 2.23. The number of thiocarbonyl (C=S) groups is 1. The molecule has 0 atom stereocenters. The van der Waals surface area contributed by atoms with Crippen molar-refractivity contribution in [3.05, 3.63) is 51.9 Å². The Balaban J connectivity index is 1.61. The highest BCUT2D eigenvalue weighted by Gasteiger charge is 2.22. The van der Waals surface area contributed by atoms with Gasteiger partial charge in [0.25, 0.3) is 5.91 Å². The van der Waals surface area contributed by atoms with E-state index >= 15 is 0 Å². The van der Waals surface area contributed by atoms with E-state index in [-0.39, 0.29) is 5.91 Å². The van der Waals surface area contributed by atoms with Crippen LogP contribution in [0, 0.1) is 0 Å². The fraction of sp³-hybridized carbons (Fsp3) is 0.273. The third kappa shape index (κ3) is 6.53. The monoisotopic (exact) mass is 479 g/mol. The van der Waals surface area contributed by atoms with Crippen LogP contribution in [0.25, 0.3) is 6.08 Å². The van der Waals surface area contributed by atoms with Gasteiger partial charge in [-0.15, -0.1) is 0 Å². The van der Waals surface area contributed by atoms with Crippen LogP contribution in [0.15, 0.2) is 41.3 Å². The lowest BCUT2D eigenvalue weighted by atomic mass is 10.2. The fourth-order valence-corrected chi connectivity index (χ4v) is 4.08. The number of amides is 1. The Labute approximate surface area is 195 Å². The second-order valence-electron chi connectivity index (χ2n) is 6.34. The minimum Gasteiger partial charge on any atom is -0.497 e. The van der Waals surface area contributed by atoms with Crippen molar-refractivity contribution in [1.82, 2.24) is 5.32 Å². The van der Waals surface area contributed by atoms with Gasteiger partial charge in [0.15, 0.2) is 11.5 Å². The van der Waals surface area contributed by atoms with Crippen LogP contribution < -0.4 is 24.3 Å². The maximum absolute atomic E-state index is 11.9. The highest BCUT2D eigenvalue weighted by atomic mass is 35.5. The first-order valence-electron chi connectivity index (χ1n) is 9.61. The molecule has 0 spiro atoms. The highest BCUT2D eigenvalue weighted by molar-refractivity contribution is 8.26. The Hall–Kier alpha value is -2.42. The summed E-state index contributed by atoms with van der Waals surface area (Å²) in [6.07, 6.45) is 2.37. The van der Waals surface area contributed by atoms with Crippen LogP contribution in [0.1, 0.15) is 18.9 Å². The van der Waals surface area contributed by atoms with E-state index in [1.165, 1.54) is 11.8 Å². The first kappa shape index (κ1) is 23.2. The van der Waals surface area contributed by atoms with Crippen molar-refractivity contribution >= 4 is 51.9 Å². The molecule has 1 saturated heterocycles. The second kappa shape index (κ2) is 11.3. The van der Waals surface area contributed by atoms with Gasteiger partial charge >= 0.3 is 0 Å². The molecule has 31 heavy (non-hydrogen) atoms. The molecule has 9 heteroatoms. The Morgan fingerprint density at radius 2 is 1.90 bits per heavy atom. The highest BCUT2D eigenvalue weighted by Crippen LogP contribution is 2.38. The van der Waals surface area contributed by atoms with Crippen molar-refractivity contribution in [2.75, 3.05) is 26.9 Å². The van der Waals surface area contributed by atoms with Crippen LogP contribution in [-0.4, -0.2) is 37.2 Å². The predicted molar refractivity (Wildman–Crippen MR) is 128 cm³/mol. The summed E-state index contributed by atoms with van der Waals surface area (Å²) in [7, 11) is 1.62. The summed E-state index contributed by atoms with van der Waals surface area (Å²) in [6.45, 7) is 3.20. The number of nitrogens with one attached hydrogen (secondary N) is 1. The SMILES string of the molecule is CCOc1cc(/C=C2/SC(=S)NC2=O)cc(Cl)c1OCCCOc1cccc(OC)c1. The fourth-order valence-electron chi connectivity index (χ4n) is 2.76. The average molecular weight is 480 g/mol. The molecule has 0 bridgehead atoms. The van der Waals surface area contributed by atoms with Gasteiger partial charge in [0.2, 0.25) is 0 Å². The van der Waals surface area contributed by atoms with Crippen molar-refractivity contribution in [1.29, 1.82) is 0 Å². The predicted octanol–water partition coefficient (Wildman–Crippen LogP) is 5.08. The maximum atomic E-state index is 11.9. The van der Waals surface area contributed by atoms with E-state index in [0.29, 0.717) is 52.0 Å². The van der Waals surface area contributed by atoms with E-state index < -0.39 is 0 Å². The zero-order valence-corrected chi connectivity index (χ0v) is 19.5. The summed E-state index contributed by atoms with van der Waals surface area (Å²) >= 11 is 12.7. The van der Waals surface area contributed by atoms with Gasteiger partial charge in [-0.2, -0.15) is 0 Å². The van der Waals surface area contributed by atoms with Gasteiger partial charge in [-0.25, -0.2) is 0 Å². The van der Waals surface area contributed by atoms with Crippen molar-refractivity contribution in [3.8, 4) is 23.0 Å². The van der Waals surface area contributed by atoms with Crippen molar-refractivity contribution in [3.63, 3.8) is 0 Å². The molecule has 0 aliphatic carbocycles. The van der Waals surface area contributed by atoms with E-state index in [9.17, 15) is 4.79 Å². The zero-order valence-electron chi connectivity index (χ0n) is 17.1. The van der Waals surface area contributed by atoms with Gasteiger partial charge in [-0.3, -0.25) is 4.79 Å². The summed E-state index contributed by atoms with van der Waals surface area (Å²) in [5, 5.41) is 2.99. The molecule has 0 radical (unpaired) electrons. The van der Waals surface area contributed by atoms with Gasteiger partial charge in [-0.05, 0) is 42.8 Å². The van der Waals surface area contributed by atoms with Gasteiger partial charge in [-0.1, -0.05) is 41.6 Å². The summed E-state index contributed by atoms with van der Waals surface area (Å²) in [6, 6.07) is 11.0. The van der Waals surface area contributed by atoms with E-state index in [1.807, 2.05) is 31.2 Å². The third-order valence-corrected chi connectivity index (χ3v) is 5.56. The molecule has 1 fully saturated rings. The van der Waals surface area contributed by atoms with Gasteiger partial charge in [0, 0.05) is 12.5 Å². The van der Waals surface area contributed by atoms with Gasteiger partial charge < -0.3 is 24.3 Å². The standard InChI is InChI=1S/C22H22ClNO5S2/c1-3-27-18-11-14(12-19-21(25)24-22(30)31-19)10-17(23)20(18)29-9-5-8-28-16-7-4-6-15(13-16)26-2/h4,6-7,10-13H,3,5,8-9H2,1-2H3,(H,24,25,30)/b19-12+. The smallest absolute Gasteiger partial charge is 0.263 e. The summed E-state index contributed by atoms with van der Waals surface area (Å²) < 4.78 is 22.9. The molecule has 2 aromatic carbocycles. The molecule has 0 unspecified atom stereocenters. The first-order valence-corrected chi connectivity index (χ1v) is 11.2. The third-order valence-electron chi connectivity index (χ3n) is 4.12. The minimum absolute atomic E-state index is 0.222. The van der Waals surface area contributed by atoms with Crippen LogP contribution in [-0.2, 0) is 4.79 Å². The Kier molecular flexibility index (Phi) is 8.45. The Bertz CT molecular complexity index is 996. The minimum atomic E-state index is -0.222. The number of carbonyl (C=O) groups is 1. The van der Waals surface area contributed by atoms with Crippen LogP contribution in [0.3, 0.4) is 0 Å². The normalized spacial score (nSPS) is 14.5. The topological polar surface area (TPSA) is 66.0 Å². The lowest BCUT2D eigenvalue weighted by molar-refractivity contribution is -0.115. The number of methoxy groups -OCH3 is 1. The number of thioether (sulfide) groups is 1. The van der Waals surface area contributed by atoms with Gasteiger partial charge in [0.05, 0.1) is 36.9 Å². The average Bonchev–Trinajstić information content (AvgIpc) is 3.06. The van der Waals surface area contributed by atoms with E-state index in [4.69, 9.17) is 42.8 Å². The molecule has 1 aliphatic rings. The lowest BCUT2D eigenvalue weighted by Gasteiger charge is -2.15. The number of carbonyl (C=O) groups excluding carboxylic acids is 1. The summed E-state index contributed by atoms with van der Waals surface area (Å²) in [5.41, 5.74) is 0.726. The largest absolute Gasteiger partial charge is 0.497 e. The zero-order chi connectivity index (χ0) is 22.2. The molecular formula is C22H22ClNO5S2.